The Morgan fingerprint density at radius 1 is 0.870 bits per heavy atom. The van der Waals surface area contributed by atoms with Crippen molar-refractivity contribution >= 4 is 17.3 Å². The number of alkyl halides is 3. The van der Waals surface area contributed by atoms with Gasteiger partial charge in [-0.05, 0) is 12.8 Å². The largest absolute Gasteiger partial charge is 0.395 e. The van der Waals surface area contributed by atoms with Gasteiger partial charge in [-0.1, -0.05) is 43.5 Å². The lowest BCUT2D eigenvalue weighted by atomic mass is 9.59. The first-order valence-electron chi connectivity index (χ1n) is 7.58. The van der Waals surface area contributed by atoms with Gasteiger partial charge in [0.1, 0.15) is 5.92 Å². The van der Waals surface area contributed by atoms with Crippen LogP contribution in [0.4, 0.5) is 13.2 Å². The highest BCUT2D eigenvalue weighted by molar-refractivity contribution is 6.52. The van der Waals surface area contributed by atoms with Crippen LogP contribution in [0.1, 0.15) is 52.8 Å². The molecule has 1 unspecified atom stereocenters. The molecule has 2 aliphatic rings. The van der Waals surface area contributed by atoms with E-state index < -0.39 is 34.9 Å². The van der Waals surface area contributed by atoms with E-state index in [9.17, 15) is 27.6 Å². The summed E-state index contributed by atoms with van der Waals surface area (Å²) in [5, 5.41) is 0. The van der Waals surface area contributed by atoms with E-state index in [1.54, 1.807) is 0 Å². The predicted molar refractivity (Wildman–Crippen MR) is 75.2 cm³/mol. The smallest absolute Gasteiger partial charge is 0.293 e. The summed E-state index contributed by atoms with van der Waals surface area (Å²) in [6.45, 7) is 0. The summed E-state index contributed by atoms with van der Waals surface area (Å²) < 4.78 is 41.4. The summed E-state index contributed by atoms with van der Waals surface area (Å²) in [5.41, 5.74) is -2.58. The maximum Gasteiger partial charge on any atom is 0.395 e. The quantitative estimate of drug-likeness (QED) is 0.584. The van der Waals surface area contributed by atoms with Gasteiger partial charge in [0.2, 0.25) is 11.6 Å². The van der Waals surface area contributed by atoms with E-state index in [-0.39, 0.29) is 24.0 Å². The van der Waals surface area contributed by atoms with E-state index in [1.807, 2.05) is 0 Å². The molecule has 0 aliphatic heterocycles. The van der Waals surface area contributed by atoms with Crippen LogP contribution in [0.25, 0.3) is 0 Å². The minimum absolute atomic E-state index is 0.0729. The Hall–Kier alpha value is -1.98. The van der Waals surface area contributed by atoms with Gasteiger partial charge >= 0.3 is 6.18 Å². The first-order valence-corrected chi connectivity index (χ1v) is 7.58. The number of carbonyl (C=O) groups excluding carboxylic acids is 3. The third-order valence-electron chi connectivity index (χ3n) is 5.05. The molecular formula is C17H15F3O3. The molecule has 0 bridgehead atoms. The molecule has 0 N–H and O–H groups in total. The van der Waals surface area contributed by atoms with Crippen molar-refractivity contribution in [3.63, 3.8) is 0 Å². The summed E-state index contributed by atoms with van der Waals surface area (Å²) >= 11 is 0. The van der Waals surface area contributed by atoms with E-state index in [0.29, 0.717) is 19.3 Å². The fraction of sp³-hybridized carbons (Fsp3) is 0.471. The van der Waals surface area contributed by atoms with Crippen LogP contribution in [0.5, 0.6) is 0 Å². The number of halogens is 3. The fourth-order valence-corrected chi connectivity index (χ4v) is 3.85. The van der Waals surface area contributed by atoms with Crippen molar-refractivity contribution < 1.29 is 27.6 Å². The summed E-state index contributed by atoms with van der Waals surface area (Å²) in [7, 11) is 0. The summed E-state index contributed by atoms with van der Waals surface area (Å²) in [4.78, 5) is 37.2. The van der Waals surface area contributed by atoms with Crippen LogP contribution < -0.4 is 0 Å². The predicted octanol–water partition coefficient (Wildman–Crippen LogP) is 3.76. The number of hydrogen-bond acceptors (Lipinski definition) is 3. The highest BCUT2D eigenvalue weighted by Crippen LogP contribution is 2.55. The standard InChI is InChI=1S/C17H15F3O3/c18-17(19,20)16(8-4-1-5-9-16)12-13(21)10-6-2-3-7-11(10)14(22)15(12)23/h2-3,6-7,12H,1,4-5,8-9H2. The minimum atomic E-state index is -4.70. The average Bonchev–Trinajstić information content (AvgIpc) is 2.53. The molecule has 6 heteroatoms. The van der Waals surface area contributed by atoms with Gasteiger partial charge in [0.15, 0.2) is 5.78 Å². The maximum atomic E-state index is 13.8. The zero-order chi connectivity index (χ0) is 16.8. The highest BCUT2D eigenvalue weighted by atomic mass is 19.4. The first-order chi connectivity index (χ1) is 10.8. The second-order valence-electron chi connectivity index (χ2n) is 6.25. The Kier molecular flexibility index (Phi) is 3.65. The van der Waals surface area contributed by atoms with Crippen molar-refractivity contribution in [3.8, 4) is 0 Å². The molecule has 3 rings (SSSR count). The summed E-state index contributed by atoms with van der Waals surface area (Å²) in [6, 6.07) is 5.60. The zero-order valence-electron chi connectivity index (χ0n) is 12.3. The third-order valence-corrected chi connectivity index (χ3v) is 5.05. The van der Waals surface area contributed by atoms with Gasteiger partial charge < -0.3 is 0 Å². The van der Waals surface area contributed by atoms with E-state index in [4.69, 9.17) is 0 Å². The van der Waals surface area contributed by atoms with E-state index >= 15 is 0 Å². The maximum absolute atomic E-state index is 13.8. The molecular weight excluding hydrogens is 309 g/mol. The van der Waals surface area contributed by atoms with Crippen molar-refractivity contribution in [3.05, 3.63) is 35.4 Å². The lowest BCUT2D eigenvalue weighted by Crippen LogP contribution is -2.55. The molecule has 1 fully saturated rings. The fourth-order valence-electron chi connectivity index (χ4n) is 3.85. The van der Waals surface area contributed by atoms with Crippen LogP contribution in [0.3, 0.4) is 0 Å². The van der Waals surface area contributed by atoms with Crippen LogP contribution >= 0.6 is 0 Å². The molecule has 122 valence electrons. The van der Waals surface area contributed by atoms with Gasteiger partial charge in [-0.3, -0.25) is 14.4 Å². The van der Waals surface area contributed by atoms with Crippen LogP contribution in [-0.2, 0) is 4.79 Å². The van der Waals surface area contributed by atoms with Crippen LogP contribution in [0.2, 0.25) is 0 Å². The van der Waals surface area contributed by atoms with Crippen molar-refractivity contribution in [2.45, 2.75) is 38.3 Å². The molecule has 0 saturated heterocycles. The molecule has 1 atom stereocenters. The number of fused-ring (bicyclic) bond motifs is 1. The summed E-state index contributed by atoms with van der Waals surface area (Å²) in [5.74, 6) is -5.01. The zero-order valence-corrected chi connectivity index (χ0v) is 12.3. The van der Waals surface area contributed by atoms with E-state index in [0.717, 1.165) is 0 Å². The molecule has 3 nitrogen and oxygen atoms in total. The van der Waals surface area contributed by atoms with Crippen LogP contribution in [0.15, 0.2) is 24.3 Å². The second kappa shape index (κ2) is 5.28. The molecule has 2 aliphatic carbocycles. The van der Waals surface area contributed by atoms with Gasteiger partial charge in [-0.25, -0.2) is 0 Å². The van der Waals surface area contributed by atoms with Crippen molar-refractivity contribution in [1.29, 1.82) is 0 Å². The SMILES string of the molecule is O=C1C(=O)C(C2(C(F)(F)F)CCCCC2)C(=O)c2ccccc21. The third kappa shape index (κ3) is 2.23. The van der Waals surface area contributed by atoms with Gasteiger partial charge in [0.05, 0.1) is 5.41 Å². The molecule has 1 aromatic rings. The van der Waals surface area contributed by atoms with Gasteiger partial charge in [0.25, 0.3) is 0 Å². The molecule has 0 spiro atoms. The molecule has 0 radical (unpaired) electrons. The molecule has 1 aromatic carbocycles. The topological polar surface area (TPSA) is 51.2 Å². The van der Waals surface area contributed by atoms with Gasteiger partial charge in [-0.2, -0.15) is 13.2 Å². The van der Waals surface area contributed by atoms with Gasteiger partial charge in [0, 0.05) is 11.1 Å². The molecule has 0 amide bonds. The number of Topliss-reactive ketones (excluding diaryl/α,β-unsaturated/α-hetero) is 3. The summed E-state index contributed by atoms with van der Waals surface area (Å²) in [6.07, 6.45) is -4.03. The Morgan fingerprint density at radius 2 is 1.43 bits per heavy atom. The second-order valence-corrected chi connectivity index (χ2v) is 6.25. The molecule has 0 aromatic heterocycles. The molecule has 0 heterocycles. The van der Waals surface area contributed by atoms with E-state index in [2.05, 4.69) is 0 Å². The Labute approximate surface area is 130 Å². The van der Waals surface area contributed by atoms with Crippen molar-refractivity contribution in [2.75, 3.05) is 0 Å². The number of carbonyl (C=O) groups is 3. The number of hydrogen-bond donors (Lipinski definition) is 0. The number of rotatable bonds is 1. The molecule has 23 heavy (non-hydrogen) atoms. The van der Waals surface area contributed by atoms with E-state index in [1.165, 1.54) is 24.3 Å². The van der Waals surface area contributed by atoms with Crippen LogP contribution in [-0.4, -0.2) is 23.5 Å². The normalized spacial score (nSPS) is 24.5. The lowest BCUT2D eigenvalue weighted by Gasteiger charge is -2.44. The Morgan fingerprint density at radius 3 is 2.00 bits per heavy atom. The lowest BCUT2D eigenvalue weighted by molar-refractivity contribution is -0.245. The Bertz CT molecular complexity index is 685. The highest BCUT2D eigenvalue weighted by Gasteiger charge is 2.65. The van der Waals surface area contributed by atoms with Crippen LogP contribution in [0, 0.1) is 11.3 Å². The van der Waals surface area contributed by atoms with Crippen molar-refractivity contribution in [1.82, 2.24) is 0 Å². The average molecular weight is 324 g/mol. The monoisotopic (exact) mass is 324 g/mol. The van der Waals surface area contributed by atoms with Crippen molar-refractivity contribution in [2.24, 2.45) is 11.3 Å². The molecule has 1 saturated carbocycles. The number of ketones is 3. The van der Waals surface area contributed by atoms with Gasteiger partial charge in [-0.15, -0.1) is 0 Å². The minimum Gasteiger partial charge on any atom is -0.293 e. The first kappa shape index (κ1) is 15.9. The number of benzene rings is 1. The Balaban J connectivity index is 2.16.